The van der Waals surface area contributed by atoms with E-state index in [1.165, 1.54) is 6.08 Å². The highest BCUT2D eigenvalue weighted by molar-refractivity contribution is 6.31. The lowest BCUT2D eigenvalue weighted by Crippen LogP contribution is -2.34. The number of ether oxygens (including phenoxy) is 1. The average molecular weight is 424 g/mol. The maximum Gasteiger partial charge on any atom is 0.331 e. The molecule has 0 atom stereocenters. The van der Waals surface area contributed by atoms with Crippen LogP contribution in [0.3, 0.4) is 0 Å². The van der Waals surface area contributed by atoms with Crippen molar-refractivity contribution >= 4 is 41.2 Å². The molecule has 0 N–H and O–H groups in total. The number of carbonyl (C=O) groups excluding carboxylic acids is 2. The third-order valence-electron chi connectivity index (χ3n) is 4.20. The normalized spacial score (nSPS) is 11.0. The molecule has 0 aliphatic carbocycles. The van der Waals surface area contributed by atoms with E-state index in [0.717, 1.165) is 5.56 Å². The monoisotopic (exact) mass is 423 g/mol. The summed E-state index contributed by atoms with van der Waals surface area (Å²) in [5, 5.41) is 5.49. The van der Waals surface area contributed by atoms with Crippen molar-refractivity contribution in [2.75, 3.05) is 19.7 Å². The quantitative estimate of drug-likeness (QED) is 0.475. The maximum atomic E-state index is 11.9. The standard InChI is InChI=1S/C20H23Cl2N3O3/c1-4-24(5-2)18(26)13-28-19(27)11-10-17-14(3)23-25(20(17)22)12-15-6-8-16(21)9-7-15/h6-11H,4-5,12-13H2,1-3H3/b11-10+. The van der Waals surface area contributed by atoms with E-state index in [9.17, 15) is 9.59 Å². The van der Waals surface area contributed by atoms with Crippen LogP contribution in [0.15, 0.2) is 30.3 Å². The van der Waals surface area contributed by atoms with Crippen molar-refractivity contribution in [1.82, 2.24) is 14.7 Å². The Labute approximate surface area is 174 Å². The summed E-state index contributed by atoms with van der Waals surface area (Å²) in [6.07, 6.45) is 2.80. The van der Waals surface area contributed by atoms with E-state index in [4.69, 9.17) is 27.9 Å². The molecule has 28 heavy (non-hydrogen) atoms. The lowest BCUT2D eigenvalue weighted by molar-refractivity contribution is -0.147. The summed E-state index contributed by atoms with van der Waals surface area (Å²) in [7, 11) is 0. The van der Waals surface area contributed by atoms with Crippen molar-refractivity contribution in [2.24, 2.45) is 0 Å². The summed E-state index contributed by atoms with van der Waals surface area (Å²) in [4.78, 5) is 25.4. The van der Waals surface area contributed by atoms with Gasteiger partial charge in [0.1, 0.15) is 5.15 Å². The average Bonchev–Trinajstić information content (AvgIpc) is 2.94. The first-order chi connectivity index (χ1) is 13.3. The lowest BCUT2D eigenvalue weighted by Gasteiger charge is -2.17. The van der Waals surface area contributed by atoms with E-state index in [0.29, 0.717) is 41.1 Å². The van der Waals surface area contributed by atoms with Crippen molar-refractivity contribution in [3.63, 3.8) is 0 Å². The van der Waals surface area contributed by atoms with Gasteiger partial charge in [0.25, 0.3) is 5.91 Å². The summed E-state index contributed by atoms with van der Waals surface area (Å²) in [5.41, 5.74) is 2.31. The molecular formula is C20H23Cl2N3O3. The molecule has 0 unspecified atom stereocenters. The van der Waals surface area contributed by atoms with E-state index in [2.05, 4.69) is 5.10 Å². The highest BCUT2D eigenvalue weighted by atomic mass is 35.5. The van der Waals surface area contributed by atoms with Crippen LogP contribution >= 0.6 is 23.2 Å². The number of hydrogen-bond acceptors (Lipinski definition) is 4. The SMILES string of the molecule is CCN(CC)C(=O)COC(=O)/C=C/c1c(C)nn(Cc2ccc(Cl)cc2)c1Cl. The van der Waals surface area contributed by atoms with Gasteiger partial charge < -0.3 is 9.64 Å². The number of rotatable bonds is 8. The molecule has 0 saturated carbocycles. The van der Waals surface area contributed by atoms with Crippen LogP contribution in [0.4, 0.5) is 0 Å². The first-order valence-corrected chi connectivity index (χ1v) is 9.71. The third-order valence-corrected chi connectivity index (χ3v) is 4.85. The van der Waals surface area contributed by atoms with Gasteiger partial charge in [-0.25, -0.2) is 9.48 Å². The molecule has 2 aromatic rings. The first-order valence-electron chi connectivity index (χ1n) is 8.95. The van der Waals surface area contributed by atoms with Crippen LogP contribution in [-0.2, 0) is 20.9 Å². The van der Waals surface area contributed by atoms with Gasteiger partial charge in [0.2, 0.25) is 0 Å². The lowest BCUT2D eigenvalue weighted by atomic mass is 10.2. The van der Waals surface area contributed by atoms with Gasteiger partial charge in [0, 0.05) is 29.8 Å². The molecule has 1 aromatic heterocycles. The van der Waals surface area contributed by atoms with Crippen LogP contribution in [0.25, 0.3) is 6.08 Å². The minimum atomic E-state index is -0.610. The Hall–Kier alpha value is -2.31. The Morgan fingerprint density at radius 1 is 1.18 bits per heavy atom. The summed E-state index contributed by atoms with van der Waals surface area (Å²) in [6, 6.07) is 7.40. The fourth-order valence-electron chi connectivity index (χ4n) is 2.62. The second-order valence-corrected chi connectivity index (χ2v) is 6.88. The van der Waals surface area contributed by atoms with Crippen molar-refractivity contribution in [1.29, 1.82) is 0 Å². The Bertz CT molecular complexity index is 856. The van der Waals surface area contributed by atoms with Crippen molar-refractivity contribution in [3.8, 4) is 0 Å². The summed E-state index contributed by atoms with van der Waals surface area (Å²) in [5.74, 6) is -0.835. The van der Waals surface area contributed by atoms with Crippen LogP contribution in [0.2, 0.25) is 10.2 Å². The second-order valence-electron chi connectivity index (χ2n) is 6.08. The molecule has 8 heteroatoms. The van der Waals surface area contributed by atoms with Crippen molar-refractivity contribution in [3.05, 3.63) is 57.3 Å². The molecule has 0 fully saturated rings. The molecule has 1 aromatic carbocycles. The molecule has 0 radical (unpaired) electrons. The van der Waals surface area contributed by atoms with E-state index in [1.807, 2.05) is 26.0 Å². The van der Waals surface area contributed by atoms with Crippen LogP contribution in [0.1, 0.15) is 30.7 Å². The predicted octanol–water partition coefficient (Wildman–Crippen LogP) is 3.97. The largest absolute Gasteiger partial charge is 0.452 e. The minimum Gasteiger partial charge on any atom is -0.452 e. The Kier molecular flexibility index (Phi) is 8.08. The van der Waals surface area contributed by atoms with Crippen LogP contribution in [0.5, 0.6) is 0 Å². The number of benzene rings is 1. The molecule has 6 nitrogen and oxygen atoms in total. The number of halogens is 2. The van der Waals surface area contributed by atoms with Gasteiger partial charge in [-0.1, -0.05) is 35.3 Å². The summed E-state index contributed by atoms with van der Waals surface area (Å²) < 4.78 is 6.65. The van der Waals surface area contributed by atoms with Gasteiger partial charge in [-0.05, 0) is 44.5 Å². The fraction of sp³-hybridized carbons (Fsp3) is 0.350. The zero-order valence-electron chi connectivity index (χ0n) is 16.1. The number of esters is 1. The number of aromatic nitrogens is 2. The third kappa shape index (κ3) is 5.84. The van der Waals surface area contributed by atoms with Gasteiger partial charge >= 0.3 is 5.97 Å². The molecule has 0 aliphatic rings. The van der Waals surface area contributed by atoms with Crippen LogP contribution < -0.4 is 0 Å². The second kappa shape index (κ2) is 10.3. The fourth-order valence-corrected chi connectivity index (χ4v) is 3.05. The smallest absolute Gasteiger partial charge is 0.331 e. The maximum absolute atomic E-state index is 11.9. The number of amides is 1. The highest BCUT2D eigenvalue weighted by Gasteiger charge is 2.14. The van der Waals surface area contributed by atoms with Gasteiger partial charge in [0.05, 0.1) is 12.2 Å². The Morgan fingerprint density at radius 3 is 2.43 bits per heavy atom. The molecule has 150 valence electrons. The number of aryl methyl sites for hydroxylation is 1. The minimum absolute atomic E-state index is 0.225. The van der Waals surface area contributed by atoms with Gasteiger partial charge in [0.15, 0.2) is 6.61 Å². The molecule has 0 spiro atoms. The van der Waals surface area contributed by atoms with Gasteiger partial charge in [-0.3, -0.25) is 4.79 Å². The summed E-state index contributed by atoms with van der Waals surface area (Å²) in [6.45, 7) is 6.89. The zero-order chi connectivity index (χ0) is 20.7. The molecule has 1 amide bonds. The Balaban J connectivity index is 2.01. The topological polar surface area (TPSA) is 64.4 Å². The summed E-state index contributed by atoms with van der Waals surface area (Å²) >= 11 is 12.3. The predicted molar refractivity (Wildman–Crippen MR) is 110 cm³/mol. The molecule has 1 heterocycles. The van der Waals surface area contributed by atoms with E-state index < -0.39 is 5.97 Å². The van der Waals surface area contributed by atoms with Crippen molar-refractivity contribution < 1.29 is 14.3 Å². The van der Waals surface area contributed by atoms with Gasteiger partial charge in [-0.2, -0.15) is 5.10 Å². The van der Waals surface area contributed by atoms with Gasteiger partial charge in [-0.15, -0.1) is 0 Å². The number of nitrogens with zero attached hydrogens (tertiary/aromatic N) is 3. The first kappa shape index (κ1) is 22.0. The van der Waals surface area contributed by atoms with E-state index in [-0.39, 0.29) is 12.5 Å². The van der Waals surface area contributed by atoms with Crippen molar-refractivity contribution in [2.45, 2.75) is 27.3 Å². The molecule has 0 bridgehead atoms. The highest BCUT2D eigenvalue weighted by Crippen LogP contribution is 2.22. The van der Waals surface area contributed by atoms with Crippen LogP contribution in [-0.4, -0.2) is 46.3 Å². The molecule has 0 saturated heterocycles. The van der Waals surface area contributed by atoms with E-state index >= 15 is 0 Å². The number of hydrogen-bond donors (Lipinski definition) is 0. The number of carbonyl (C=O) groups is 2. The molecular weight excluding hydrogens is 401 g/mol. The number of likely N-dealkylation sites (N-methyl/N-ethyl adjacent to an activating group) is 1. The zero-order valence-corrected chi connectivity index (χ0v) is 17.6. The van der Waals surface area contributed by atoms with Crippen LogP contribution in [0, 0.1) is 6.92 Å². The van der Waals surface area contributed by atoms with E-state index in [1.54, 1.807) is 34.7 Å². The Morgan fingerprint density at radius 2 is 1.82 bits per heavy atom. The molecule has 2 rings (SSSR count). The molecule has 0 aliphatic heterocycles.